The Morgan fingerprint density at radius 3 is 2.42 bits per heavy atom. The molecule has 1 saturated heterocycles. The van der Waals surface area contributed by atoms with Crippen LogP contribution in [-0.4, -0.2) is 35.0 Å². The molecule has 0 spiro atoms. The zero-order valence-corrected chi connectivity index (χ0v) is 14.1. The first-order valence-electron chi connectivity index (χ1n) is 8.51. The van der Waals surface area contributed by atoms with Crippen LogP contribution in [0.2, 0.25) is 0 Å². The smallest absolute Gasteiger partial charge is 0.335 e. The summed E-state index contributed by atoms with van der Waals surface area (Å²) in [5.41, 5.74) is 0.827. The van der Waals surface area contributed by atoms with Crippen LogP contribution in [0.1, 0.15) is 39.1 Å². The van der Waals surface area contributed by atoms with Gasteiger partial charge in [-0.05, 0) is 55.0 Å². The highest BCUT2D eigenvalue weighted by atomic mass is 19.1. The summed E-state index contributed by atoms with van der Waals surface area (Å²) >= 11 is 0. The second-order valence-corrected chi connectivity index (χ2v) is 6.53. The van der Waals surface area contributed by atoms with Crippen LogP contribution in [0.5, 0.6) is 0 Å². The Bertz CT molecular complexity index is 830. The summed E-state index contributed by atoms with van der Waals surface area (Å²) in [6.45, 7) is 0.878. The molecule has 1 heterocycles. The molecule has 1 aliphatic rings. The van der Waals surface area contributed by atoms with E-state index in [9.17, 15) is 23.5 Å². The predicted octanol–water partition coefficient (Wildman–Crippen LogP) is 3.76. The fourth-order valence-corrected chi connectivity index (χ4v) is 3.39. The molecular formula is C20H19F2NO3. The van der Waals surface area contributed by atoms with Crippen LogP contribution in [0.4, 0.5) is 8.78 Å². The van der Waals surface area contributed by atoms with Crippen LogP contribution in [0.3, 0.4) is 0 Å². The molecule has 0 unspecified atom stereocenters. The van der Waals surface area contributed by atoms with Gasteiger partial charge in [0.15, 0.2) is 0 Å². The number of halogens is 2. The molecule has 3 rings (SSSR count). The van der Waals surface area contributed by atoms with Crippen molar-refractivity contribution in [2.75, 3.05) is 13.1 Å². The van der Waals surface area contributed by atoms with Crippen LogP contribution in [-0.2, 0) is 6.42 Å². The van der Waals surface area contributed by atoms with Crippen molar-refractivity contribution in [3.63, 3.8) is 0 Å². The number of rotatable bonds is 4. The van der Waals surface area contributed by atoms with Gasteiger partial charge in [-0.15, -0.1) is 0 Å². The van der Waals surface area contributed by atoms with E-state index in [4.69, 9.17) is 0 Å². The van der Waals surface area contributed by atoms with Gasteiger partial charge in [-0.25, -0.2) is 13.6 Å². The first-order chi connectivity index (χ1) is 12.5. The normalized spacial score (nSPS) is 15.1. The highest BCUT2D eigenvalue weighted by molar-refractivity contribution is 5.94. The molecule has 2 aromatic carbocycles. The van der Waals surface area contributed by atoms with Crippen molar-refractivity contribution in [3.05, 3.63) is 70.8 Å². The minimum Gasteiger partial charge on any atom is -0.478 e. The minimum absolute atomic E-state index is 0.247. The zero-order chi connectivity index (χ0) is 18.7. The second kappa shape index (κ2) is 7.64. The summed E-state index contributed by atoms with van der Waals surface area (Å²) in [6, 6.07) is 9.77. The monoisotopic (exact) mass is 359 g/mol. The topological polar surface area (TPSA) is 57.6 Å². The average Bonchev–Trinajstić information content (AvgIpc) is 2.64. The van der Waals surface area contributed by atoms with Crippen LogP contribution < -0.4 is 0 Å². The lowest BCUT2D eigenvalue weighted by atomic mass is 9.88. The number of carboxylic acids is 1. The number of benzene rings is 2. The van der Waals surface area contributed by atoms with Crippen LogP contribution in [0.25, 0.3) is 0 Å². The van der Waals surface area contributed by atoms with Crippen molar-refractivity contribution in [2.24, 2.45) is 5.92 Å². The van der Waals surface area contributed by atoms with Crippen molar-refractivity contribution in [1.82, 2.24) is 4.90 Å². The molecule has 0 saturated carbocycles. The third-order valence-electron chi connectivity index (χ3n) is 4.82. The van der Waals surface area contributed by atoms with Gasteiger partial charge in [0.05, 0.1) is 11.1 Å². The minimum atomic E-state index is -0.949. The molecule has 1 N–H and O–H groups in total. The molecule has 136 valence electrons. The number of carbonyl (C=O) groups is 2. The number of carbonyl (C=O) groups excluding carboxylic acids is 1. The molecular weight excluding hydrogens is 340 g/mol. The summed E-state index contributed by atoms with van der Waals surface area (Å²) < 4.78 is 27.1. The molecule has 4 nitrogen and oxygen atoms in total. The average molecular weight is 359 g/mol. The highest BCUT2D eigenvalue weighted by Gasteiger charge is 2.26. The molecule has 0 bridgehead atoms. The molecule has 0 atom stereocenters. The Kier molecular flexibility index (Phi) is 5.30. The molecule has 1 amide bonds. The van der Waals surface area contributed by atoms with Crippen molar-refractivity contribution < 1.29 is 23.5 Å². The van der Waals surface area contributed by atoms with Crippen molar-refractivity contribution in [3.8, 4) is 0 Å². The number of carboxylic acid groups (broad SMARTS) is 1. The van der Waals surface area contributed by atoms with Crippen LogP contribution >= 0.6 is 0 Å². The summed E-state index contributed by atoms with van der Waals surface area (Å²) in [5, 5.41) is 9.27. The Morgan fingerprint density at radius 2 is 1.73 bits per heavy atom. The number of piperidine rings is 1. The second-order valence-electron chi connectivity index (χ2n) is 6.53. The quantitative estimate of drug-likeness (QED) is 0.904. The Labute approximate surface area is 150 Å². The van der Waals surface area contributed by atoms with Gasteiger partial charge in [-0.1, -0.05) is 18.2 Å². The van der Waals surface area contributed by atoms with Crippen molar-refractivity contribution in [1.29, 1.82) is 0 Å². The van der Waals surface area contributed by atoms with Gasteiger partial charge in [0, 0.05) is 13.1 Å². The predicted molar refractivity (Wildman–Crippen MR) is 92.1 cm³/mol. The SMILES string of the molecule is O=C(O)c1ccccc1CC1CCN(C(=O)c2cc(F)ccc2F)CC1. The first-order valence-corrected chi connectivity index (χ1v) is 8.51. The summed E-state index contributed by atoms with van der Waals surface area (Å²) in [7, 11) is 0. The van der Waals surface area contributed by atoms with Gasteiger partial charge in [-0.2, -0.15) is 0 Å². The molecule has 1 aliphatic heterocycles. The van der Waals surface area contributed by atoms with E-state index in [1.807, 2.05) is 12.1 Å². The van der Waals surface area contributed by atoms with Crippen molar-refractivity contribution >= 4 is 11.9 Å². The van der Waals surface area contributed by atoms with E-state index >= 15 is 0 Å². The number of nitrogens with zero attached hydrogens (tertiary/aromatic N) is 1. The number of hydrogen-bond acceptors (Lipinski definition) is 2. The maximum absolute atomic E-state index is 13.8. The number of aromatic carboxylic acids is 1. The Balaban J connectivity index is 1.64. The summed E-state index contributed by atoms with van der Waals surface area (Å²) in [4.78, 5) is 25.3. The van der Waals surface area contributed by atoms with E-state index in [1.165, 1.54) is 4.90 Å². The van der Waals surface area contributed by atoms with Gasteiger partial charge in [0.1, 0.15) is 11.6 Å². The number of amides is 1. The fraction of sp³-hybridized carbons (Fsp3) is 0.300. The van der Waals surface area contributed by atoms with E-state index in [-0.39, 0.29) is 11.5 Å². The standard InChI is InChI=1S/C20H19F2NO3/c21-15-5-6-18(22)17(12-15)19(24)23-9-7-13(8-10-23)11-14-3-1-2-4-16(14)20(25)26/h1-6,12-13H,7-11H2,(H,25,26). The van der Waals surface area contributed by atoms with Gasteiger partial charge in [-0.3, -0.25) is 4.79 Å². The first kappa shape index (κ1) is 18.0. The molecule has 2 aromatic rings. The molecule has 0 aromatic heterocycles. The maximum atomic E-state index is 13.8. The van der Waals surface area contributed by atoms with Gasteiger partial charge >= 0.3 is 5.97 Å². The number of likely N-dealkylation sites (tertiary alicyclic amines) is 1. The Hall–Kier alpha value is -2.76. The van der Waals surface area contributed by atoms with Crippen molar-refractivity contribution in [2.45, 2.75) is 19.3 Å². The maximum Gasteiger partial charge on any atom is 0.335 e. The lowest BCUT2D eigenvalue weighted by molar-refractivity contribution is 0.0685. The van der Waals surface area contributed by atoms with Gasteiger partial charge in [0.2, 0.25) is 0 Å². The third-order valence-corrected chi connectivity index (χ3v) is 4.82. The van der Waals surface area contributed by atoms with Crippen LogP contribution in [0.15, 0.2) is 42.5 Å². The van der Waals surface area contributed by atoms with Gasteiger partial charge < -0.3 is 10.0 Å². The van der Waals surface area contributed by atoms with E-state index in [0.29, 0.717) is 37.9 Å². The summed E-state index contributed by atoms with van der Waals surface area (Å²) in [5.74, 6) is -2.58. The lowest BCUT2D eigenvalue weighted by Gasteiger charge is -2.32. The number of hydrogen-bond donors (Lipinski definition) is 1. The molecule has 6 heteroatoms. The molecule has 0 aliphatic carbocycles. The lowest BCUT2D eigenvalue weighted by Crippen LogP contribution is -2.39. The highest BCUT2D eigenvalue weighted by Crippen LogP contribution is 2.25. The van der Waals surface area contributed by atoms with E-state index in [2.05, 4.69) is 0 Å². The van der Waals surface area contributed by atoms with Gasteiger partial charge in [0.25, 0.3) is 5.91 Å². The van der Waals surface area contributed by atoms with E-state index in [0.717, 1.165) is 23.8 Å². The van der Waals surface area contributed by atoms with Crippen LogP contribution in [0, 0.1) is 17.6 Å². The fourth-order valence-electron chi connectivity index (χ4n) is 3.39. The molecule has 1 fully saturated rings. The molecule has 26 heavy (non-hydrogen) atoms. The third kappa shape index (κ3) is 3.90. The van der Waals surface area contributed by atoms with E-state index in [1.54, 1.807) is 12.1 Å². The largest absolute Gasteiger partial charge is 0.478 e. The zero-order valence-electron chi connectivity index (χ0n) is 14.1. The molecule has 0 radical (unpaired) electrons. The van der Waals surface area contributed by atoms with E-state index < -0.39 is 23.5 Å². The Morgan fingerprint density at radius 1 is 1.04 bits per heavy atom. The summed E-state index contributed by atoms with van der Waals surface area (Å²) in [6.07, 6.45) is 2.01.